The number of hydrogen-bond donors (Lipinski definition) is 2. The number of rotatable bonds is 3. The molecule has 27 heavy (non-hydrogen) atoms. The van der Waals surface area contributed by atoms with Crippen LogP contribution in [-0.4, -0.2) is 52.3 Å². The Morgan fingerprint density at radius 2 is 1.96 bits per heavy atom. The molecule has 2 N–H and O–H groups in total. The van der Waals surface area contributed by atoms with Gasteiger partial charge in [-0.1, -0.05) is 12.1 Å². The fourth-order valence-corrected chi connectivity index (χ4v) is 3.21. The summed E-state index contributed by atoms with van der Waals surface area (Å²) in [7, 11) is 0. The number of halogens is 1. The van der Waals surface area contributed by atoms with Crippen LogP contribution in [0.25, 0.3) is 22.2 Å². The first-order valence-electron chi connectivity index (χ1n) is 8.38. The Hall–Kier alpha value is -3.42. The Bertz CT molecular complexity index is 1000. The molecule has 1 aromatic carbocycles. The number of furan rings is 1. The number of carbonyl (C=O) groups excluding carboxylic acids is 1. The molecule has 138 valence electrons. The van der Waals surface area contributed by atoms with E-state index in [1.54, 1.807) is 42.8 Å². The summed E-state index contributed by atoms with van der Waals surface area (Å²) in [5.74, 6) is -0.448. The van der Waals surface area contributed by atoms with Crippen LogP contribution in [-0.2, 0) is 0 Å². The predicted molar refractivity (Wildman–Crippen MR) is 95.2 cm³/mol. The van der Waals surface area contributed by atoms with Gasteiger partial charge in [-0.05, 0) is 24.3 Å². The first-order chi connectivity index (χ1) is 13.0. The largest absolute Gasteiger partial charge is 0.465 e. The Balaban J connectivity index is 1.50. The summed E-state index contributed by atoms with van der Waals surface area (Å²) in [6.07, 6.45) is 0.622. The highest BCUT2D eigenvalue weighted by molar-refractivity contribution is 5.96. The van der Waals surface area contributed by atoms with Gasteiger partial charge < -0.3 is 19.7 Å². The summed E-state index contributed by atoms with van der Waals surface area (Å²) in [6, 6.07) is 9.52. The molecule has 1 aliphatic rings. The normalized spacial score (nSPS) is 19.4. The van der Waals surface area contributed by atoms with E-state index in [-0.39, 0.29) is 13.1 Å². The monoisotopic (exact) mass is 369 g/mol. The molecule has 0 unspecified atom stereocenters. The van der Waals surface area contributed by atoms with Crippen molar-refractivity contribution in [3.8, 4) is 11.3 Å². The molecule has 0 saturated carbocycles. The van der Waals surface area contributed by atoms with Crippen LogP contribution in [0.5, 0.6) is 0 Å². The Morgan fingerprint density at radius 1 is 1.19 bits per heavy atom. The van der Waals surface area contributed by atoms with Gasteiger partial charge in [-0.2, -0.15) is 0 Å². The topological polar surface area (TPSA) is 95.7 Å². The number of amides is 2. The maximum atomic E-state index is 13.9. The molecule has 1 aliphatic heterocycles. The Morgan fingerprint density at radius 3 is 2.67 bits per heavy atom. The van der Waals surface area contributed by atoms with Gasteiger partial charge in [0.1, 0.15) is 11.8 Å². The van der Waals surface area contributed by atoms with Gasteiger partial charge in [0.05, 0.1) is 24.5 Å². The molecule has 1 fully saturated rings. The van der Waals surface area contributed by atoms with Crippen molar-refractivity contribution in [2.45, 2.75) is 12.2 Å². The summed E-state index contributed by atoms with van der Waals surface area (Å²) in [5, 5.41) is 12.4. The van der Waals surface area contributed by atoms with Crippen molar-refractivity contribution in [3.05, 3.63) is 54.4 Å². The summed E-state index contributed by atoms with van der Waals surface area (Å²) >= 11 is 0. The van der Waals surface area contributed by atoms with Crippen LogP contribution in [0.3, 0.4) is 0 Å². The van der Waals surface area contributed by atoms with Gasteiger partial charge in [0.2, 0.25) is 0 Å². The maximum Gasteiger partial charge on any atom is 0.407 e. The SMILES string of the molecule is O=C(N[C@@H]1CN(C(=O)O)C[C@H]1F)c1ccc(-c2nccc3occc23)cc1. The number of likely N-dealkylation sites (tertiary alicyclic amines) is 1. The number of fused-ring (bicyclic) bond motifs is 1. The molecule has 0 aliphatic carbocycles. The number of aromatic nitrogens is 1. The molecule has 0 radical (unpaired) electrons. The smallest absolute Gasteiger partial charge is 0.407 e. The van der Waals surface area contributed by atoms with Crippen molar-refractivity contribution in [1.82, 2.24) is 15.2 Å². The van der Waals surface area contributed by atoms with Crippen LogP contribution in [0.15, 0.2) is 53.3 Å². The second kappa shape index (κ2) is 6.71. The van der Waals surface area contributed by atoms with Gasteiger partial charge in [-0.3, -0.25) is 9.78 Å². The van der Waals surface area contributed by atoms with Gasteiger partial charge in [0.25, 0.3) is 5.91 Å². The molecule has 1 saturated heterocycles. The highest BCUT2D eigenvalue weighted by Gasteiger charge is 2.36. The number of carboxylic acid groups (broad SMARTS) is 1. The van der Waals surface area contributed by atoms with E-state index < -0.39 is 24.2 Å². The van der Waals surface area contributed by atoms with Gasteiger partial charge in [-0.25, -0.2) is 9.18 Å². The lowest BCUT2D eigenvalue weighted by molar-refractivity contribution is 0.0922. The Kier molecular flexibility index (Phi) is 4.23. The molecule has 2 aromatic heterocycles. The first kappa shape index (κ1) is 17.0. The highest BCUT2D eigenvalue weighted by Crippen LogP contribution is 2.27. The Labute approximate surface area is 153 Å². The average Bonchev–Trinajstić information content (AvgIpc) is 3.28. The zero-order valence-corrected chi connectivity index (χ0v) is 14.1. The maximum absolute atomic E-state index is 13.9. The van der Waals surface area contributed by atoms with Gasteiger partial charge >= 0.3 is 6.09 Å². The third-order valence-electron chi connectivity index (χ3n) is 4.64. The number of hydrogen-bond acceptors (Lipinski definition) is 4. The van der Waals surface area contributed by atoms with Crippen LogP contribution >= 0.6 is 0 Å². The van der Waals surface area contributed by atoms with Crippen LogP contribution in [0, 0.1) is 0 Å². The quantitative estimate of drug-likeness (QED) is 0.740. The minimum Gasteiger partial charge on any atom is -0.465 e. The fourth-order valence-electron chi connectivity index (χ4n) is 3.21. The summed E-state index contributed by atoms with van der Waals surface area (Å²) in [6.45, 7) is -0.299. The molecule has 4 rings (SSSR count). The number of carbonyl (C=O) groups is 2. The predicted octanol–water partition coefficient (Wildman–Crippen LogP) is 2.92. The molecule has 8 heteroatoms. The number of pyridine rings is 1. The fraction of sp³-hybridized carbons (Fsp3) is 0.211. The van der Waals surface area contributed by atoms with Crippen molar-refractivity contribution < 1.29 is 23.5 Å². The molecule has 2 amide bonds. The third-order valence-corrected chi connectivity index (χ3v) is 4.64. The molecule has 0 bridgehead atoms. The number of alkyl halides is 1. The number of benzene rings is 1. The molecule has 3 aromatic rings. The van der Waals surface area contributed by atoms with Crippen molar-refractivity contribution in [3.63, 3.8) is 0 Å². The lowest BCUT2D eigenvalue weighted by Gasteiger charge is -2.14. The molecular formula is C19H16FN3O4. The van der Waals surface area contributed by atoms with Gasteiger partial charge in [0.15, 0.2) is 0 Å². The zero-order chi connectivity index (χ0) is 19.0. The zero-order valence-electron chi connectivity index (χ0n) is 14.1. The van der Waals surface area contributed by atoms with Crippen molar-refractivity contribution >= 4 is 23.0 Å². The summed E-state index contributed by atoms with van der Waals surface area (Å²) in [5.41, 5.74) is 2.64. The van der Waals surface area contributed by atoms with Gasteiger partial charge in [-0.15, -0.1) is 0 Å². The lowest BCUT2D eigenvalue weighted by atomic mass is 10.1. The van der Waals surface area contributed by atoms with E-state index in [1.807, 2.05) is 6.07 Å². The van der Waals surface area contributed by atoms with E-state index in [9.17, 15) is 14.0 Å². The van der Waals surface area contributed by atoms with E-state index in [1.165, 1.54) is 0 Å². The third kappa shape index (κ3) is 3.21. The van der Waals surface area contributed by atoms with Crippen molar-refractivity contribution in [2.24, 2.45) is 0 Å². The molecular weight excluding hydrogens is 353 g/mol. The van der Waals surface area contributed by atoms with Gasteiger partial charge in [0, 0.05) is 29.3 Å². The first-order valence-corrected chi connectivity index (χ1v) is 8.38. The molecule has 0 spiro atoms. The minimum absolute atomic E-state index is 0.0628. The van der Waals surface area contributed by atoms with Crippen LogP contribution in [0.2, 0.25) is 0 Å². The summed E-state index contributed by atoms with van der Waals surface area (Å²) < 4.78 is 19.3. The molecule has 7 nitrogen and oxygen atoms in total. The van der Waals surface area contributed by atoms with E-state index in [0.29, 0.717) is 5.56 Å². The molecule has 2 atom stereocenters. The van der Waals surface area contributed by atoms with Crippen LogP contribution in [0.1, 0.15) is 10.4 Å². The van der Waals surface area contributed by atoms with E-state index in [0.717, 1.165) is 27.1 Å². The second-order valence-corrected chi connectivity index (χ2v) is 6.35. The average molecular weight is 369 g/mol. The lowest BCUT2D eigenvalue weighted by Crippen LogP contribution is -2.41. The standard InChI is InChI=1S/C19H16FN3O4/c20-14-9-23(19(25)26)10-15(14)22-18(24)12-3-1-11(2-4-12)17-13-6-8-27-16(13)5-7-21-17/h1-8,14-15H,9-10H2,(H,22,24)(H,25,26)/t14-,15-/m1/s1. The van der Waals surface area contributed by atoms with E-state index in [4.69, 9.17) is 9.52 Å². The van der Waals surface area contributed by atoms with E-state index in [2.05, 4.69) is 10.3 Å². The number of nitrogens with one attached hydrogen (secondary N) is 1. The highest BCUT2D eigenvalue weighted by atomic mass is 19.1. The number of nitrogens with zero attached hydrogens (tertiary/aromatic N) is 2. The second-order valence-electron chi connectivity index (χ2n) is 6.35. The molecule has 3 heterocycles. The van der Waals surface area contributed by atoms with E-state index >= 15 is 0 Å². The van der Waals surface area contributed by atoms with Crippen LogP contribution < -0.4 is 5.32 Å². The summed E-state index contributed by atoms with van der Waals surface area (Å²) in [4.78, 5) is 28.6. The van der Waals surface area contributed by atoms with Crippen molar-refractivity contribution in [2.75, 3.05) is 13.1 Å². The minimum atomic E-state index is -1.42. The van der Waals surface area contributed by atoms with Crippen molar-refractivity contribution in [1.29, 1.82) is 0 Å². The van der Waals surface area contributed by atoms with Crippen LogP contribution in [0.4, 0.5) is 9.18 Å².